The predicted molar refractivity (Wildman–Crippen MR) is 81.6 cm³/mol. The van der Waals surface area contributed by atoms with Gasteiger partial charge < -0.3 is 19.5 Å². The van der Waals surface area contributed by atoms with Crippen molar-refractivity contribution in [3.8, 4) is 11.5 Å². The first-order chi connectivity index (χ1) is 9.88. The number of nitrogens with one attached hydrogen (secondary N) is 1. The molecule has 4 nitrogen and oxygen atoms in total. The number of hydrogen-bond acceptors (Lipinski definition) is 4. The van der Waals surface area contributed by atoms with E-state index in [1.165, 1.54) is 0 Å². The topological polar surface area (TPSA) is 39.7 Å². The molecule has 0 aromatic heterocycles. The van der Waals surface area contributed by atoms with E-state index in [0.29, 0.717) is 19.8 Å². The van der Waals surface area contributed by atoms with Gasteiger partial charge in [0.25, 0.3) is 0 Å². The molecular weight excluding hydrogens is 254 g/mol. The summed E-state index contributed by atoms with van der Waals surface area (Å²) in [4.78, 5) is 0. The third kappa shape index (κ3) is 7.16. The molecule has 0 aliphatic carbocycles. The monoisotopic (exact) mass is 279 g/mol. The van der Waals surface area contributed by atoms with Crippen molar-refractivity contribution in [1.82, 2.24) is 5.32 Å². The van der Waals surface area contributed by atoms with E-state index in [9.17, 15) is 0 Å². The number of rotatable bonds is 12. The van der Waals surface area contributed by atoms with Gasteiger partial charge in [-0.2, -0.15) is 0 Å². The number of benzene rings is 1. The summed E-state index contributed by atoms with van der Waals surface area (Å²) in [6.07, 6.45) is 2.76. The lowest BCUT2D eigenvalue weighted by atomic mass is 10.3. The van der Waals surface area contributed by atoms with E-state index in [0.717, 1.165) is 37.6 Å². The number of para-hydroxylation sites is 2. The van der Waals surface area contributed by atoms with Crippen LogP contribution in [0.3, 0.4) is 0 Å². The first-order valence-corrected chi connectivity index (χ1v) is 7.12. The van der Waals surface area contributed by atoms with E-state index in [1.807, 2.05) is 37.3 Å². The zero-order valence-electron chi connectivity index (χ0n) is 12.3. The second-order valence-corrected chi connectivity index (χ2v) is 4.17. The molecule has 0 saturated heterocycles. The van der Waals surface area contributed by atoms with Crippen molar-refractivity contribution in [3.63, 3.8) is 0 Å². The highest BCUT2D eigenvalue weighted by atomic mass is 16.5. The molecule has 0 amide bonds. The Morgan fingerprint density at radius 1 is 1.05 bits per heavy atom. The van der Waals surface area contributed by atoms with E-state index in [4.69, 9.17) is 14.2 Å². The first-order valence-electron chi connectivity index (χ1n) is 7.12. The fraction of sp³-hybridized carbons (Fsp3) is 0.500. The Bertz CT molecular complexity index is 368. The van der Waals surface area contributed by atoms with Gasteiger partial charge in [-0.1, -0.05) is 18.2 Å². The molecule has 0 aliphatic rings. The fourth-order valence-corrected chi connectivity index (χ4v) is 1.62. The van der Waals surface area contributed by atoms with Crippen molar-refractivity contribution in [2.24, 2.45) is 0 Å². The van der Waals surface area contributed by atoms with Crippen molar-refractivity contribution in [2.75, 3.05) is 39.5 Å². The van der Waals surface area contributed by atoms with Gasteiger partial charge >= 0.3 is 0 Å². The lowest BCUT2D eigenvalue weighted by Crippen LogP contribution is -2.25. The minimum Gasteiger partial charge on any atom is -0.490 e. The largest absolute Gasteiger partial charge is 0.490 e. The highest BCUT2D eigenvalue weighted by Gasteiger charge is 2.02. The number of hydrogen-bond donors (Lipinski definition) is 1. The van der Waals surface area contributed by atoms with Crippen molar-refractivity contribution in [2.45, 2.75) is 13.3 Å². The maximum atomic E-state index is 5.69. The van der Waals surface area contributed by atoms with Crippen molar-refractivity contribution >= 4 is 0 Å². The van der Waals surface area contributed by atoms with Gasteiger partial charge in [0.2, 0.25) is 0 Å². The molecule has 0 spiro atoms. The van der Waals surface area contributed by atoms with Crippen LogP contribution in [-0.4, -0.2) is 39.5 Å². The average Bonchev–Trinajstić information content (AvgIpc) is 2.47. The molecule has 4 heteroatoms. The third-order valence-electron chi connectivity index (χ3n) is 2.57. The van der Waals surface area contributed by atoms with Gasteiger partial charge in [-0.05, 0) is 25.5 Å². The molecule has 0 heterocycles. The van der Waals surface area contributed by atoms with Crippen LogP contribution in [-0.2, 0) is 4.74 Å². The first kappa shape index (κ1) is 16.5. The van der Waals surface area contributed by atoms with Crippen LogP contribution >= 0.6 is 0 Å². The van der Waals surface area contributed by atoms with Crippen LogP contribution in [0.4, 0.5) is 0 Å². The van der Waals surface area contributed by atoms with Gasteiger partial charge in [0.15, 0.2) is 11.5 Å². The second kappa shape index (κ2) is 11.3. The van der Waals surface area contributed by atoms with E-state index in [1.54, 1.807) is 0 Å². The second-order valence-electron chi connectivity index (χ2n) is 4.17. The third-order valence-corrected chi connectivity index (χ3v) is 2.57. The summed E-state index contributed by atoms with van der Waals surface area (Å²) < 4.78 is 16.6. The Balaban J connectivity index is 2.07. The molecule has 0 unspecified atom stereocenters. The van der Waals surface area contributed by atoms with Gasteiger partial charge in [0, 0.05) is 13.1 Å². The molecule has 0 bridgehead atoms. The zero-order valence-corrected chi connectivity index (χ0v) is 12.3. The molecule has 20 heavy (non-hydrogen) atoms. The van der Waals surface area contributed by atoms with Crippen LogP contribution in [0.15, 0.2) is 36.9 Å². The maximum absolute atomic E-state index is 5.69. The smallest absolute Gasteiger partial charge is 0.161 e. The molecule has 1 rings (SSSR count). The Labute approximate surface area is 121 Å². The molecule has 0 fully saturated rings. The molecule has 0 radical (unpaired) electrons. The Kier molecular flexibility index (Phi) is 9.36. The molecule has 0 atom stereocenters. The molecule has 1 aromatic carbocycles. The molecule has 112 valence electrons. The lowest BCUT2D eigenvalue weighted by Gasteiger charge is -2.12. The van der Waals surface area contributed by atoms with E-state index in [2.05, 4.69) is 11.9 Å². The summed E-state index contributed by atoms with van der Waals surface area (Å²) >= 11 is 0. The highest BCUT2D eigenvalue weighted by Crippen LogP contribution is 2.25. The normalized spacial score (nSPS) is 10.2. The quantitative estimate of drug-likeness (QED) is 0.471. The summed E-state index contributed by atoms with van der Waals surface area (Å²) in [5.74, 6) is 1.58. The van der Waals surface area contributed by atoms with Crippen LogP contribution in [0.25, 0.3) is 0 Å². The van der Waals surface area contributed by atoms with Crippen molar-refractivity contribution in [3.05, 3.63) is 36.9 Å². The SMILES string of the molecule is C=CCCOCCNCCOc1ccccc1OCC. The zero-order chi connectivity index (χ0) is 14.5. The Morgan fingerprint density at radius 3 is 2.45 bits per heavy atom. The van der Waals surface area contributed by atoms with Gasteiger partial charge in [-0.15, -0.1) is 6.58 Å². The van der Waals surface area contributed by atoms with Crippen molar-refractivity contribution in [1.29, 1.82) is 0 Å². The molecule has 1 N–H and O–H groups in total. The van der Waals surface area contributed by atoms with Crippen LogP contribution < -0.4 is 14.8 Å². The van der Waals surface area contributed by atoms with Crippen LogP contribution in [0.2, 0.25) is 0 Å². The molecule has 0 saturated carbocycles. The summed E-state index contributed by atoms with van der Waals surface area (Å²) in [6, 6.07) is 7.72. The average molecular weight is 279 g/mol. The molecule has 0 aliphatic heterocycles. The maximum Gasteiger partial charge on any atom is 0.161 e. The van der Waals surface area contributed by atoms with E-state index in [-0.39, 0.29) is 0 Å². The van der Waals surface area contributed by atoms with E-state index >= 15 is 0 Å². The van der Waals surface area contributed by atoms with Crippen LogP contribution in [0.5, 0.6) is 11.5 Å². The minimum atomic E-state index is 0.608. The summed E-state index contributed by atoms with van der Waals surface area (Å²) in [7, 11) is 0. The number of ether oxygens (including phenoxy) is 3. The van der Waals surface area contributed by atoms with Crippen LogP contribution in [0, 0.1) is 0 Å². The van der Waals surface area contributed by atoms with E-state index < -0.39 is 0 Å². The van der Waals surface area contributed by atoms with Gasteiger partial charge in [0.05, 0.1) is 19.8 Å². The lowest BCUT2D eigenvalue weighted by molar-refractivity contribution is 0.139. The van der Waals surface area contributed by atoms with Gasteiger partial charge in [-0.3, -0.25) is 0 Å². The fourth-order valence-electron chi connectivity index (χ4n) is 1.62. The minimum absolute atomic E-state index is 0.608. The predicted octanol–water partition coefficient (Wildman–Crippen LogP) is 2.65. The Hall–Kier alpha value is -1.52. The van der Waals surface area contributed by atoms with Gasteiger partial charge in [0.1, 0.15) is 6.61 Å². The summed E-state index contributed by atoms with van der Waals surface area (Å²) in [5, 5.41) is 3.27. The highest BCUT2D eigenvalue weighted by molar-refractivity contribution is 5.39. The summed E-state index contributed by atoms with van der Waals surface area (Å²) in [5.41, 5.74) is 0. The molecule has 1 aromatic rings. The standard InChI is InChI=1S/C16H25NO3/c1-3-5-12-18-13-10-17-11-14-20-16-9-7-6-8-15(16)19-4-2/h3,6-9,17H,1,4-5,10-14H2,2H3. The molecular formula is C16H25NO3. The summed E-state index contributed by atoms with van der Waals surface area (Å²) in [6.45, 7) is 9.92. The van der Waals surface area contributed by atoms with Gasteiger partial charge in [-0.25, -0.2) is 0 Å². The van der Waals surface area contributed by atoms with Crippen molar-refractivity contribution < 1.29 is 14.2 Å². The van der Waals surface area contributed by atoms with Crippen LogP contribution in [0.1, 0.15) is 13.3 Å². The Morgan fingerprint density at radius 2 is 1.75 bits per heavy atom.